The number of nitrogens with zero attached hydrogens (tertiary/aromatic N) is 3. The van der Waals surface area contributed by atoms with E-state index in [1.165, 1.54) is 28.3 Å². The number of hydrogen-bond donors (Lipinski definition) is 0. The fraction of sp³-hybridized carbons (Fsp3) is 0.500. The molecular weight excluding hydrogens is 218 g/mol. The van der Waals surface area contributed by atoms with Crippen LogP contribution in [-0.2, 0) is 0 Å². The van der Waals surface area contributed by atoms with E-state index >= 15 is 0 Å². The molecule has 0 spiro atoms. The molecule has 0 bridgehead atoms. The number of hydrogen-bond acceptors (Lipinski definition) is 3. The summed E-state index contributed by atoms with van der Waals surface area (Å²) in [6.07, 6.45) is 8.63. The standard InChI is InChI=1S/C12H15N3S/c1-8(2)12-13-6-11(16-12)9-5-14-15(7-9)10-3-4-10/h5-8,10H,3-4H2,1-2H3. The largest absolute Gasteiger partial charge is 0.269 e. The zero-order valence-electron chi connectivity index (χ0n) is 9.55. The fourth-order valence-corrected chi connectivity index (χ4v) is 2.59. The number of aromatic nitrogens is 3. The Morgan fingerprint density at radius 1 is 1.38 bits per heavy atom. The second-order valence-electron chi connectivity index (χ2n) is 4.66. The van der Waals surface area contributed by atoms with Crippen LogP contribution >= 0.6 is 11.3 Å². The van der Waals surface area contributed by atoms with E-state index in [9.17, 15) is 0 Å². The van der Waals surface area contributed by atoms with Gasteiger partial charge >= 0.3 is 0 Å². The molecule has 0 atom stereocenters. The maximum atomic E-state index is 4.44. The smallest absolute Gasteiger partial charge is 0.0956 e. The normalized spacial score (nSPS) is 15.9. The summed E-state index contributed by atoms with van der Waals surface area (Å²) < 4.78 is 2.09. The summed E-state index contributed by atoms with van der Waals surface area (Å²) in [6, 6.07) is 0.659. The molecule has 1 aliphatic rings. The first-order chi connectivity index (χ1) is 7.74. The number of rotatable bonds is 3. The topological polar surface area (TPSA) is 30.7 Å². The highest BCUT2D eigenvalue weighted by Crippen LogP contribution is 2.36. The molecule has 0 radical (unpaired) electrons. The summed E-state index contributed by atoms with van der Waals surface area (Å²) in [7, 11) is 0. The minimum Gasteiger partial charge on any atom is -0.269 e. The van der Waals surface area contributed by atoms with Crippen LogP contribution in [0.5, 0.6) is 0 Å². The van der Waals surface area contributed by atoms with Crippen LogP contribution in [0.1, 0.15) is 43.7 Å². The molecule has 3 nitrogen and oxygen atoms in total. The minimum absolute atomic E-state index is 0.511. The van der Waals surface area contributed by atoms with Crippen LogP contribution in [-0.4, -0.2) is 14.8 Å². The van der Waals surface area contributed by atoms with E-state index in [4.69, 9.17) is 0 Å². The maximum Gasteiger partial charge on any atom is 0.0956 e. The van der Waals surface area contributed by atoms with Gasteiger partial charge in [-0.2, -0.15) is 5.10 Å². The molecule has 0 aliphatic heterocycles. The first-order valence-electron chi connectivity index (χ1n) is 5.74. The Bertz CT molecular complexity index is 456. The average Bonchev–Trinajstić information content (AvgIpc) is 2.83. The van der Waals surface area contributed by atoms with Gasteiger partial charge in [0.15, 0.2) is 0 Å². The lowest BCUT2D eigenvalue weighted by atomic mass is 10.2. The summed E-state index contributed by atoms with van der Waals surface area (Å²) in [5, 5.41) is 5.61. The summed E-state index contributed by atoms with van der Waals surface area (Å²) in [5.74, 6) is 0.511. The van der Waals surface area contributed by atoms with Crippen molar-refractivity contribution in [1.29, 1.82) is 0 Å². The highest BCUT2D eigenvalue weighted by molar-refractivity contribution is 7.15. The van der Waals surface area contributed by atoms with Crippen LogP contribution in [0, 0.1) is 0 Å². The molecule has 2 aromatic rings. The van der Waals surface area contributed by atoms with E-state index in [0.717, 1.165) is 0 Å². The zero-order chi connectivity index (χ0) is 11.1. The molecule has 2 heterocycles. The van der Waals surface area contributed by atoms with Crippen LogP contribution in [0.3, 0.4) is 0 Å². The Morgan fingerprint density at radius 3 is 2.81 bits per heavy atom. The third kappa shape index (κ3) is 1.78. The van der Waals surface area contributed by atoms with Gasteiger partial charge in [-0.25, -0.2) is 4.98 Å². The van der Waals surface area contributed by atoms with Crippen molar-refractivity contribution >= 4 is 11.3 Å². The van der Waals surface area contributed by atoms with Gasteiger partial charge in [0.2, 0.25) is 0 Å². The van der Waals surface area contributed by atoms with E-state index in [-0.39, 0.29) is 0 Å². The summed E-state index contributed by atoms with van der Waals surface area (Å²) in [6.45, 7) is 4.35. The highest BCUT2D eigenvalue weighted by atomic mass is 32.1. The van der Waals surface area contributed by atoms with E-state index in [0.29, 0.717) is 12.0 Å². The predicted molar refractivity (Wildman–Crippen MR) is 65.7 cm³/mol. The van der Waals surface area contributed by atoms with Crippen LogP contribution < -0.4 is 0 Å². The van der Waals surface area contributed by atoms with Crippen molar-refractivity contribution in [2.75, 3.05) is 0 Å². The molecule has 16 heavy (non-hydrogen) atoms. The number of thiazole rings is 1. The Hall–Kier alpha value is -1.16. The molecule has 0 N–H and O–H groups in total. The molecule has 1 saturated carbocycles. The van der Waals surface area contributed by atoms with Gasteiger partial charge in [-0.05, 0) is 12.8 Å². The molecule has 1 aliphatic carbocycles. The third-order valence-electron chi connectivity index (χ3n) is 2.82. The monoisotopic (exact) mass is 233 g/mol. The second kappa shape index (κ2) is 3.70. The fourth-order valence-electron chi connectivity index (χ4n) is 1.69. The van der Waals surface area contributed by atoms with Crippen LogP contribution in [0.2, 0.25) is 0 Å². The van der Waals surface area contributed by atoms with Crippen molar-refractivity contribution in [2.24, 2.45) is 0 Å². The van der Waals surface area contributed by atoms with Gasteiger partial charge in [0.25, 0.3) is 0 Å². The van der Waals surface area contributed by atoms with Crippen molar-refractivity contribution in [3.05, 3.63) is 23.6 Å². The lowest BCUT2D eigenvalue weighted by molar-refractivity contribution is 0.642. The Morgan fingerprint density at radius 2 is 2.19 bits per heavy atom. The average molecular weight is 233 g/mol. The lowest BCUT2D eigenvalue weighted by Crippen LogP contribution is -1.91. The zero-order valence-corrected chi connectivity index (χ0v) is 10.4. The van der Waals surface area contributed by atoms with Gasteiger partial charge in [-0.1, -0.05) is 13.8 Å². The molecule has 0 unspecified atom stereocenters. The van der Waals surface area contributed by atoms with Crippen molar-refractivity contribution in [3.8, 4) is 10.4 Å². The van der Waals surface area contributed by atoms with E-state index in [2.05, 4.69) is 34.8 Å². The molecule has 3 rings (SSSR count). The molecule has 0 amide bonds. The van der Waals surface area contributed by atoms with Gasteiger partial charge < -0.3 is 0 Å². The Labute approximate surface area is 99.1 Å². The van der Waals surface area contributed by atoms with Crippen LogP contribution in [0.4, 0.5) is 0 Å². The molecule has 0 saturated heterocycles. The van der Waals surface area contributed by atoms with Crippen LogP contribution in [0.25, 0.3) is 10.4 Å². The van der Waals surface area contributed by atoms with E-state index in [1.54, 1.807) is 11.3 Å². The predicted octanol–water partition coefficient (Wildman–Crippen LogP) is 3.46. The second-order valence-corrected chi connectivity index (χ2v) is 5.72. The quantitative estimate of drug-likeness (QED) is 0.812. The summed E-state index contributed by atoms with van der Waals surface area (Å²) in [4.78, 5) is 5.68. The molecular formula is C12H15N3S. The van der Waals surface area contributed by atoms with Gasteiger partial charge in [0.05, 0.1) is 22.1 Å². The van der Waals surface area contributed by atoms with Crippen molar-refractivity contribution < 1.29 is 0 Å². The van der Waals surface area contributed by atoms with Crippen molar-refractivity contribution in [3.63, 3.8) is 0 Å². The Balaban J connectivity index is 1.88. The summed E-state index contributed by atoms with van der Waals surface area (Å²) >= 11 is 1.78. The van der Waals surface area contributed by atoms with Gasteiger partial charge in [-0.3, -0.25) is 4.68 Å². The van der Waals surface area contributed by atoms with Gasteiger partial charge in [0.1, 0.15) is 0 Å². The van der Waals surface area contributed by atoms with E-state index < -0.39 is 0 Å². The van der Waals surface area contributed by atoms with E-state index in [1.807, 2.05) is 12.4 Å². The molecule has 1 fully saturated rings. The summed E-state index contributed by atoms with van der Waals surface area (Å²) in [5.41, 5.74) is 1.20. The van der Waals surface area contributed by atoms with Crippen molar-refractivity contribution in [2.45, 2.75) is 38.6 Å². The van der Waals surface area contributed by atoms with Crippen LogP contribution in [0.15, 0.2) is 18.6 Å². The molecule has 84 valence electrons. The highest BCUT2D eigenvalue weighted by Gasteiger charge is 2.24. The minimum atomic E-state index is 0.511. The van der Waals surface area contributed by atoms with Gasteiger partial charge in [0, 0.05) is 23.9 Å². The van der Waals surface area contributed by atoms with Crippen molar-refractivity contribution in [1.82, 2.24) is 14.8 Å². The molecule has 0 aromatic carbocycles. The molecule has 2 aromatic heterocycles. The first kappa shape index (κ1) is 10.0. The van der Waals surface area contributed by atoms with Gasteiger partial charge in [-0.15, -0.1) is 11.3 Å². The first-order valence-corrected chi connectivity index (χ1v) is 6.56. The maximum absolute atomic E-state index is 4.44. The Kier molecular flexibility index (Phi) is 2.32. The third-order valence-corrected chi connectivity index (χ3v) is 4.17. The lowest BCUT2D eigenvalue weighted by Gasteiger charge is -1.95. The molecule has 4 heteroatoms. The SMILES string of the molecule is CC(C)c1ncc(-c2cnn(C3CC3)c2)s1.